The molecule has 0 spiro atoms. The molecule has 7 heteroatoms. The molecule has 142 valence electrons. The summed E-state index contributed by atoms with van der Waals surface area (Å²) in [6.45, 7) is 2.91. The van der Waals surface area contributed by atoms with Gasteiger partial charge in [-0.25, -0.2) is 0 Å². The smallest absolute Gasteiger partial charge is 0.226 e. The van der Waals surface area contributed by atoms with E-state index in [2.05, 4.69) is 10.3 Å². The molecule has 1 aromatic heterocycles. The predicted molar refractivity (Wildman–Crippen MR) is 96.3 cm³/mol. The molecular formula is C19H29N5O2. The van der Waals surface area contributed by atoms with Gasteiger partial charge in [0, 0.05) is 51.5 Å². The first kappa shape index (κ1) is 17.5. The first-order valence-corrected chi connectivity index (χ1v) is 10.1. The fourth-order valence-corrected chi connectivity index (χ4v) is 4.77. The second-order valence-corrected chi connectivity index (χ2v) is 8.03. The highest BCUT2D eigenvalue weighted by Crippen LogP contribution is 2.28. The van der Waals surface area contributed by atoms with E-state index in [9.17, 15) is 9.59 Å². The summed E-state index contributed by atoms with van der Waals surface area (Å²) in [5.41, 5.74) is 2.14. The number of aryl methyl sites for hydroxylation is 2. The molecule has 0 bridgehead atoms. The SMILES string of the molecule is Cn1nnc2c1CC(C(=O)N1CCCN(C(=O)C3CCCC3)CC1)CC2. The molecule has 2 amide bonds. The third-order valence-electron chi connectivity index (χ3n) is 6.37. The Labute approximate surface area is 154 Å². The topological polar surface area (TPSA) is 71.3 Å². The normalized spacial score (nSPS) is 24.4. The van der Waals surface area contributed by atoms with Crippen LogP contribution in [-0.2, 0) is 29.5 Å². The number of aromatic nitrogens is 3. The highest BCUT2D eigenvalue weighted by atomic mass is 16.2. The maximum atomic E-state index is 13.1. The molecule has 1 atom stereocenters. The van der Waals surface area contributed by atoms with E-state index in [1.807, 2.05) is 16.8 Å². The first-order chi connectivity index (χ1) is 12.6. The highest BCUT2D eigenvalue weighted by molar-refractivity contribution is 5.81. The van der Waals surface area contributed by atoms with Gasteiger partial charge in [-0.15, -0.1) is 5.10 Å². The van der Waals surface area contributed by atoms with Crippen LogP contribution in [0.5, 0.6) is 0 Å². The Morgan fingerprint density at radius 1 is 0.885 bits per heavy atom. The third kappa shape index (κ3) is 3.35. The molecule has 1 saturated carbocycles. The third-order valence-corrected chi connectivity index (χ3v) is 6.37. The van der Waals surface area contributed by atoms with Crippen LogP contribution in [0.25, 0.3) is 0 Å². The van der Waals surface area contributed by atoms with Crippen LogP contribution in [0.1, 0.15) is 49.9 Å². The molecule has 26 heavy (non-hydrogen) atoms. The zero-order valence-corrected chi connectivity index (χ0v) is 15.7. The molecular weight excluding hydrogens is 330 g/mol. The van der Waals surface area contributed by atoms with Crippen molar-refractivity contribution in [2.75, 3.05) is 26.2 Å². The number of carbonyl (C=O) groups is 2. The largest absolute Gasteiger partial charge is 0.341 e. The number of rotatable bonds is 2. The summed E-state index contributed by atoms with van der Waals surface area (Å²) in [4.78, 5) is 29.7. The van der Waals surface area contributed by atoms with Crippen LogP contribution in [0.2, 0.25) is 0 Å². The molecule has 2 fully saturated rings. The number of amides is 2. The van der Waals surface area contributed by atoms with Crippen LogP contribution < -0.4 is 0 Å². The van der Waals surface area contributed by atoms with Crippen molar-refractivity contribution in [3.63, 3.8) is 0 Å². The Balaban J connectivity index is 1.36. The maximum absolute atomic E-state index is 13.1. The Morgan fingerprint density at radius 2 is 1.54 bits per heavy atom. The van der Waals surface area contributed by atoms with Gasteiger partial charge in [-0.1, -0.05) is 18.1 Å². The molecule has 0 N–H and O–H groups in total. The minimum absolute atomic E-state index is 0.0248. The van der Waals surface area contributed by atoms with Crippen LogP contribution >= 0.6 is 0 Å². The van der Waals surface area contributed by atoms with Crippen molar-refractivity contribution in [2.45, 2.75) is 51.4 Å². The molecule has 3 aliphatic rings. The predicted octanol–water partition coefficient (Wildman–Crippen LogP) is 1.17. The van der Waals surface area contributed by atoms with Crippen molar-refractivity contribution in [1.29, 1.82) is 0 Å². The van der Waals surface area contributed by atoms with Gasteiger partial charge in [0.1, 0.15) is 0 Å². The number of nitrogens with zero attached hydrogens (tertiary/aromatic N) is 5. The first-order valence-electron chi connectivity index (χ1n) is 10.1. The Morgan fingerprint density at radius 3 is 2.23 bits per heavy atom. The van der Waals surface area contributed by atoms with Crippen molar-refractivity contribution < 1.29 is 9.59 Å². The Bertz CT molecular complexity index is 679. The fourth-order valence-electron chi connectivity index (χ4n) is 4.77. The van der Waals surface area contributed by atoms with Gasteiger partial charge in [0.05, 0.1) is 11.4 Å². The molecule has 2 aliphatic carbocycles. The van der Waals surface area contributed by atoms with E-state index in [1.165, 1.54) is 12.8 Å². The van der Waals surface area contributed by atoms with Gasteiger partial charge in [0.15, 0.2) is 0 Å². The van der Waals surface area contributed by atoms with E-state index in [0.717, 1.165) is 63.0 Å². The van der Waals surface area contributed by atoms with Gasteiger partial charge in [-0.2, -0.15) is 0 Å². The lowest BCUT2D eigenvalue weighted by Gasteiger charge is -2.28. The molecule has 2 heterocycles. The Kier molecular flexibility index (Phi) is 4.96. The quantitative estimate of drug-likeness (QED) is 0.795. The summed E-state index contributed by atoms with van der Waals surface area (Å²) in [5.74, 6) is 0.815. The summed E-state index contributed by atoms with van der Waals surface area (Å²) < 4.78 is 1.80. The van der Waals surface area contributed by atoms with Gasteiger partial charge in [-0.05, 0) is 32.1 Å². The van der Waals surface area contributed by atoms with E-state index >= 15 is 0 Å². The number of carbonyl (C=O) groups excluding carboxylic acids is 2. The van der Waals surface area contributed by atoms with Gasteiger partial charge < -0.3 is 9.80 Å². The summed E-state index contributed by atoms with van der Waals surface area (Å²) in [5, 5.41) is 8.27. The summed E-state index contributed by atoms with van der Waals surface area (Å²) in [6.07, 6.45) is 7.75. The average Bonchev–Trinajstić information content (AvgIpc) is 3.25. The van der Waals surface area contributed by atoms with Gasteiger partial charge >= 0.3 is 0 Å². The van der Waals surface area contributed by atoms with Gasteiger partial charge in [0.2, 0.25) is 11.8 Å². The maximum Gasteiger partial charge on any atom is 0.226 e. The molecule has 1 aromatic rings. The van der Waals surface area contributed by atoms with E-state index in [4.69, 9.17) is 0 Å². The zero-order valence-electron chi connectivity index (χ0n) is 15.7. The van der Waals surface area contributed by atoms with Crippen LogP contribution in [-0.4, -0.2) is 62.8 Å². The summed E-state index contributed by atoms with van der Waals surface area (Å²) in [6, 6.07) is 0. The molecule has 7 nitrogen and oxygen atoms in total. The summed E-state index contributed by atoms with van der Waals surface area (Å²) in [7, 11) is 1.90. The van der Waals surface area contributed by atoms with E-state index < -0.39 is 0 Å². The molecule has 0 aromatic carbocycles. The fraction of sp³-hybridized carbons (Fsp3) is 0.789. The molecule has 4 rings (SSSR count). The second-order valence-electron chi connectivity index (χ2n) is 8.03. The van der Waals surface area contributed by atoms with Gasteiger partial charge in [-0.3, -0.25) is 14.3 Å². The van der Waals surface area contributed by atoms with Gasteiger partial charge in [0.25, 0.3) is 0 Å². The minimum atomic E-state index is 0.0248. The van der Waals surface area contributed by atoms with Crippen molar-refractivity contribution in [3.05, 3.63) is 11.4 Å². The zero-order chi connectivity index (χ0) is 18.1. The summed E-state index contributed by atoms with van der Waals surface area (Å²) >= 11 is 0. The van der Waals surface area contributed by atoms with Crippen molar-refractivity contribution in [3.8, 4) is 0 Å². The molecule has 1 saturated heterocycles. The van der Waals surface area contributed by atoms with Crippen molar-refractivity contribution in [1.82, 2.24) is 24.8 Å². The van der Waals surface area contributed by atoms with Crippen LogP contribution in [0.4, 0.5) is 0 Å². The second kappa shape index (κ2) is 7.37. The lowest BCUT2D eigenvalue weighted by atomic mass is 9.88. The van der Waals surface area contributed by atoms with Crippen molar-refractivity contribution >= 4 is 11.8 Å². The number of hydrogen-bond donors (Lipinski definition) is 0. The standard InChI is InChI=1S/C19H29N5O2/c1-22-17-13-15(7-8-16(17)20-21-22)19(26)24-10-4-9-23(11-12-24)18(25)14-5-2-3-6-14/h14-15H,2-13H2,1H3. The molecule has 1 aliphatic heterocycles. The van der Waals surface area contributed by atoms with Crippen LogP contribution in [0.15, 0.2) is 0 Å². The molecule has 1 unspecified atom stereocenters. The highest BCUT2D eigenvalue weighted by Gasteiger charge is 2.33. The van der Waals surface area contributed by atoms with Crippen LogP contribution in [0.3, 0.4) is 0 Å². The lowest BCUT2D eigenvalue weighted by Crippen LogP contribution is -2.42. The monoisotopic (exact) mass is 359 g/mol. The number of fused-ring (bicyclic) bond motifs is 1. The minimum Gasteiger partial charge on any atom is -0.341 e. The van der Waals surface area contributed by atoms with E-state index in [0.29, 0.717) is 19.0 Å². The van der Waals surface area contributed by atoms with E-state index in [1.54, 1.807) is 4.68 Å². The van der Waals surface area contributed by atoms with Crippen LogP contribution in [0, 0.1) is 11.8 Å². The Hall–Kier alpha value is -1.92. The lowest BCUT2D eigenvalue weighted by molar-refractivity contribution is -0.138. The average molecular weight is 359 g/mol. The molecule has 0 radical (unpaired) electrons. The van der Waals surface area contributed by atoms with E-state index in [-0.39, 0.29) is 17.7 Å². The van der Waals surface area contributed by atoms with Crippen molar-refractivity contribution in [2.24, 2.45) is 18.9 Å². The number of hydrogen-bond acceptors (Lipinski definition) is 4.